The molecule has 4 saturated carbocycles. The number of ketones is 2. The van der Waals surface area contributed by atoms with Gasteiger partial charge in [-0.05, 0) is 42.6 Å². The summed E-state index contributed by atoms with van der Waals surface area (Å²) in [4.78, 5) is 38.5. The largest absolute Gasteiger partial charge is 0.391 e. The topological polar surface area (TPSA) is 121 Å². The van der Waals surface area contributed by atoms with Crippen LogP contribution in [-0.4, -0.2) is 57.8 Å². The van der Waals surface area contributed by atoms with Crippen LogP contribution in [0.2, 0.25) is 0 Å². The van der Waals surface area contributed by atoms with E-state index in [0.29, 0.717) is 25.7 Å². The van der Waals surface area contributed by atoms with Crippen LogP contribution in [0, 0.1) is 39.9 Å². The molecule has 6 rings (SSSR count). The molecule has 4 aliphatic carbocycles. The van der Waals surface area contributed by atoms with Crippen molar-refractivity contribution in [3.63, 3.8) is 0 Å². The van der Waals surface area contributed by atoms with Crippen molar-refractivity contribution in [1.82, 2.24) is 0 Å². The van der Waals surface area contributed by atoms with E-state index < -0.39 is 63.7 Å². The number of aliphatic hydroxyl groups excluding tert-OH is 2. The van der Waals surface area contributed by atoms with Crippen LogP contribution in [0.1, 0.15) is 46.0 Å². The van der Waals surface area contributed by atoms with E-state index in [1.54, 1.807) is 0 Å². The summed E-state index contributed by atoms with van der Waals surface area (Å²) in [5.41, 5.74) is -3.25. The van der Waals surface area contributed by atoms with Crippen LogP contribution in [0.4, 0.5) is 0 Å². The van der Waals surface area contributed by atoms with Crippen LogP contribution in [-0.2, 0) is 19.1 Å². The van der Waals surface area contributed by atoms with Gasteiger partial charge in [-0.2, -0.15) is 0 Å². The Bertz CT molecular complexity index is 864. The minimum Gasteiger partial charge on any atom is -0.391 e. The maximum absolute atomic E-state index is 14.0. The molecule has 9 atom stereocenters. The maximum Gasteiger partial charge on any atom is 0.208 e. The molecule has 2 spiro atoms. The van der Waals surface area contributed by atoms with Crippen LogP contribution in [0.5, 0.6) is 0 Å². The van der Waals surface area contributed by atoms with Gasteiger partial charge in [0.15, 0.2) is 5.78 Å². The van der Waals surface area contributed by atoms with Gasteiger partial charge >= 0.3 is 0 Å². The van der Waals surface area contributed by atoms with E-state index in [0.717, 1.165) is 6.29 Å². The Morgan fingerprint density at radius 2 is 1.90 bits per heavy atom. The molecule has 4 bridgehead atoms. The van der Waals surface area contributed by atoms with Crippen molar-refractivity contribution in [2.45, 2.75) is 63.9 Å². The Labute approximate surface area is 175 Å². The van der Waals surface area contributed by atoms with Gasteiger partial charge in [0, 0.05) is 24.2 Å². The normalized spacial score (nSPS) is 53.4. The molecule has 2 heterocycles. The average molecular weight is 418 g/mol. The second-order valence-electron chi connectivity index (χ2n) is 10.9. The first-order valence-corrected chi connectivity index (χ1v) is 11.0. The van der Waals surface area contributed by atoms with Crippen LogP contribution < -0.4 is 0 Å². The highest BCUT2D eigenvalue weighted by molar-refractivity contribution is 6.06. The van der Waals surface area contributed by atoms with E-state index in [1.807, 2.05) is 13.8 Å². The number of aldehydes is 1. The number of rotatable bonds is 3. The second kappa shape index (κ2) is 5.88. The van der Waals surface area contributed by atoms with Gasteiger partial charge in [-0.15, -0.1) is 0 Å². The Hall–Kier alpha value is -1.41. The summed E-state index contributed by atoms with van der Waals surface area (Å²) in [6, 6.07) is 0. The highest BCUT2D eigenvalue weighted by Crippen LogP contribution is 2.76. The average Bonchev–Trinajstić information content (AvgIpc) is 2.80. The first-order chi connectivity index (χ1) is 14.0. The lowest BCUT2D eigenvalue weighted by atomic mass is 9.35. The Kier molecular flexibility index (Phi) is 4.02. The van der Waals surface area contributed by atoms with Gasteiger partial charge in [0.25, 0.3) is 0 Å². The Morgan fingerprint density at radius 1 is 1.20 bits per heavy atom. The summed E-state index contributed by atoms with van der Waals surface area (Å²) in [5.74, 6) is -4.98. The van der Waals surface area contributed by atoms with Gasteiger partial charge in [-0.25, -0.2) is 0 Å². The molecule has 3 N–H and O–H groups in total. The molecule has 30 heavy (non-hydrogen) atoms. The standard InChI is InChI=1S/C23H30O7/c1-11-13-6-7-14-21-10-30-23(29,22(14,16(11)25)18(13)27)19(28)15(21)20(2,3)9-12(17(21)26)5-4-8-24/h8,12-15,18-19,27-29H,1,4-7,9-10H2,2-3H3/t12-,13-,14-,15+,18?,19-,21-,22-,23+/m0/s1. The van der Waals surface area contributed by atoms with Gasteiger partial charge in [-0.1, -0.05) is 20.4 Å². The van der Waals surface area contributed by atoms with Crippen molar-refractivity contribution in [3.8, 4) is 0 Å². The maximum atomic E-state index is 14.0. The third kappa shape index (κ3) is 1.87. The molecule has 7 nitrogen and oxygen atoms in total. The molecule has 0 aromatic carbocycles. The third-order valence-electron chi connectivity index (χ3n) is 9.37. The zero-order chi connectivity index (χ0) is 21.9. The molecule has 6 aliphatic rings. The highest BCUT2D eigenvalue weighted by atomic mass is 16.6. The number of fused-ring (bicyclic) bond motifs is 2. The number of carbonyl (C=O) groups excluding carboxylic acids is 3. The lowest BCUT2D eigenvalue weighted by Gasteiger charge is -2.73. The van der Waals surface area contributed by atoms with Crippen molar-refractivity contribution in [3.05, 3.63) is 12.2 Å². The van der Waals surface area contributed by atoms with Crippen molar-refractivity contribution in [2.24, 2.45) is 39.9 Å². The Morgan fingerprint density at radius 3 is 2.57 bits per heavy atom. The molecule has 0 amide bonds. The monoisotopic (exact) mass is 418 g/mol. The van der Waals surface area contributed by atoms with E-state index in [2.05, 4.69) is 6.58 Å². The summed E-state index contributed by atoms with van der Waals surface area (Å²) in [7, 11) is 0. The first-order valence-electron chi connectivity index (χ1n) is 11.0. The molecule has 6 fully saturated rings. The summed E-state index contributed by atoms with van der Waals surface area (Å²) in [6.07, 6.45) is 0.205. The molecule has 0 aromatic heterocycles. The number of aliphatic hydroxyl groups is 3. The predicted molar refractivity (Wildman–Crippen MR) is 104 cm³/mol. The van der Waals surface area contributed by atoms with Crippen molar-refractivity contribution in [1.29, 1.82) is 0 Å². The SMILES string of the molecule is C=C1C(=O)[C@]23C(O)[C@H]1CC[C@H]2[C@@]12CO[C@]3(O)[C@@H](O)[C@@H]1C(C)(C)C[C@H](CCC=O)C2=O. The highest BCUT2D eigenvalue weighted by Gasteiger charge is 2.87. The van der Waals surface area contributed by atoms with Crippen LogP contribution in [0.15, 0.2) is 12.2 Å². The number of hydrogen-bond donors (Lipinski definition) is 3. The molecule has 2 saturated heterocycles. The summed E-state index contributed by atoms with van der Waals surface area (Å²) in [5, 5.41) is 34.5. The number of hydrogen-bond acceptors (Lipinski definition) is 7. The molecular weight excluding hydrogens is 388 g/mol. The fourth-order valence-corrected chi connectivity index (χ4v) is 8.49. The van der Waals surface area contributed by atoms with Crippen molar-refractivity contribution < 1.29 is 34.4 Å². The lowest BCUT2D eigenvalue weighted by molar-refractivity contribution is -0.438. The van der Waals surface area contributed by atoms with Gasteiger partial charge in [0.05, 0.1) is 18.1 Å². The van der Waals surface area contributed by atoms with Gasteiger partial charge < -0.3 is 24.9 Å². The fourth-order valence-electron chi connectivity index (χ4n) is 8.49. The third-order valence-corrected chi connectivity index (χ3v) is 9.37. The minimum absolute atomic E-state index is 0.0887. The minimum atomic E-state index is -2.26. The van der Waals surface area contributed by atoms with E-state index >= 15 is 0 Å². The zero-order valence-corrected chi connectivity index (χ0v) is 17.5. The summed E-state index contributed by atoms with van der Waals surface area (Å²) in [6.45, 7) is 7.73. The second-order valence-corrected chi connectivity index (χ2v) is 10.9. The quantitative estimate of drug-likeness (QED) is 0.458. The molecule has 0 radical (unpaired) electrons. The number of ether oxygens (including phenoxy) is 1. The van der Waals surface area contributed by atoms with Crippen molar-refractivity contribution in [2.75, 3.05) is 6.61 Å². The molecule has 1 unspecified atom stereocenters. The van der Waals surface area contributed by atoms with Crippen molar-refractivity contribution >= 4 is 17.9 Å². The molecular formula is C23H30O7. The van der Waals surface area contributed by atoms with E-state index in [1.165, 1.54) is 0 Å². The molecule has 7 heteroatoms. The number of carbonyl (C=O) groups is 3. The first kappa shape index (κ1) is 20.5. The van der Waals surface area contributed by atoms with E-state index in [4.69, 9.17) is 4.74 Å². The molecule has 0 aromatic rings. The van der Waals surface area contributed by atoms with E-state index in [9.17, 15) is 29.7 Å². The predicted octanol–water partition coefficient (Wildman–Crippen LogP) is 0.789. The summed E-state index contributed by atoms with van der Waals surface area (Å²) < 4.78 is 5.83. The van der Waals surface area contributed by atoms with Crippen LogP contribution in [0.25, 0.3) is 0 Å². The molecule has 164 valence electrons. The van der Waals surface area contributed by atoms with Gasteiger partial charge in [0.2, 0.25) is 5.79 Å². The van der Waals surface area contributed by atoms with E-state index in [-0.39, 0.29) is 24.4 Å². The zero-order valence-electron chi connectivity index (χ0n) is 17.5. The Balaban J connectivity index is 1.75. The lowest BCUT2D eigenvalue weighted by Crippen LogP contribution is -2.85. The van der Waals surface area contributed by atoms with Crippen LogP contribution >= 0.6 is 0 Å². The van der Waals surface area contributed by atoms with Crippen LogP contribution in [0.3, 0.4) is 0 Å². The molecule has 2 aliphatic heterocycles. The number of Topliss-reactive ketones (excluding diaryl/α,β-unsaturated/α-hetero) is 2. The fraction of sp³-hybridized carbons (Fsp3) is 0.783. The summed E-state index contributed by atoms with van der Waals surface area (Å²) >= 11 is 0. The smallest absolute Gasteiger partial charge is 0.208 e. The van der Waals surface area contributed by atoms with Gasteiger partial charge in [-0.3, -0.25) is 9.59 Å². The van der Waals surface area contributed by atoms with Gasteiger partial charge in [0.1, 0.15) is 23.6 Å².